The lowest BCUT2D eigenvalue weighted by Crippen LogP contribution is -2.32. The van der Waals surface area contributed by atoms with Gasteiger partial charge in [0.2, 0.25) is 0 Å². The summed E-state index contributed by atoms with van der Waals surface area (Å²) in [6.07, 6.45) is 6.43. The molecule has 1 aliphatic heterocycles. The highest BCUT2D eigenvalue weighted by Crippen LogP contribution is 2.18. The van der Waals surface area contributed by atoms with Crippen LogP contribution in [0.4, 0.5) is 5.82 Å². The minimum Gasteiger partial charge on any atom is -0.370 e. The van der Waals surface area contributed by atoms with Crippen molar-refractivity contribution in [2.24, 2.45) is 0 Å². The average molecular weight is 276 g/mol. The second-order valence-corrected chi connectivity index (χ2v) is 5.91. The molecule has 1 saturated heterocycles. The Bertz CT molecular complexity index is 419. The lowest BCUT2D eigenvalue weighted by Gasteiger charge is -2.26. The number of hydrogen-bond acceptors (Lipinski definition) is 4. The highest BCUT2D eigenvalue weighted by molar-refractivity contribution is 5.35. The fourth-order valence-corrected chi connectivity index (χ4v) is 2.80. The normalized spacial score (nSPS) is 20.6. The average Bonchev–Trinajstić information content (AvgIpc) is 2.61. The van der Waals surface area contributed by atoms with Crippen molar-refractivity contribution in [2.45, 2.75) is 65.5 Å². The zero-order valence-corrected chi connectivity index (χ0v) is 13.2. The van der Waals surface area contributed by atoms with Gasteiger partial charge in [0.1, 0.15) is 11.6 Å². The second kappa shape index (κ2) is 7.58. The smallest absolute Gasteiger partial charge is 0.144 e. The van der Waals surface area contributed by atoms with Crippen LogP contribution in [0.1, 0.15) is 57.5 Å². The van der Waals surface area contributed by atoms with Crippen molar-refractivity contribution in [3.05, 3.63) is 17.6 Å². The van der Waals surface area contributed by atoms with Gasteiger partial charge in [-0.1, -0.05) is 19.8 Å². The van der Waals surface area contributed by atoms with Crippen molar-refractivity contribution < 1.29 is 0 Å². The molecule has 0 aromatic carbocycles. The molecule has 20 heavy (non-hydrogen) atoms. The molecular formula is C16H28N4. The molecule has 4 nitrogen and oxygen atoms in total. The largest absolute Gasteiger partial charge is 0.370 e. The zero-order valence-electron chi connectivity index (χ0n) is 13.2. The molecule has 0 amide bonds. The van der Waals surface area contributed by atoms with E-state index in [4.69, 9.17) is 0 Å². The zero-order chi connectivity index (χ0) is 14.4. The fraction of sp³-hybridized carbons (Fsp3) is 0.750. The van der Waals surface area contributed by atoms with E-state index >= 15 is 0 Å². The third-order valence-electron chi connectivity index (χ3n) is 3.99. The molecule has 2 heterocycles. The summed E-state index contributed by atoms with van der Waals surface area (Å²) in [5.74, 6) is 1.93. The number of anilines is 1. The van der Waals surface area contributed by atoms with Gasteiger partial charge in [0, 0.05) is 24.3 Å². The number of aromatic nitrogens is 2. The van der Waals surface area contributed by atoms with Gasteiger partial charge in [0.25, 0.3) is 0 Å². The molecule has 4 heteroatoms. The Balaban J connectivity index is 2.05. The summed E-state index contributed by atoms with van der Waals surface area (Å²) in [4.78, 5) is 11.8. The molecule has 0 aliphatic carbocycles. The first kappa shape index (κ1) is 15.2. The maximum absolute atomic E-state index is 4.67. The van der Waals surface area contributed by atoms with Crippen molar-refractivity contribution in [3.8, 4) is 0 Å². The monoisotopic (exact) mass is 276 g/mol. The Morgan fingerprint density at radius 3 is 2.95 bits per heavy atom. The topological polar surface area (TPSA) is 41.1 Å². The van der Waals surface area contributed by atoms with E-state index in [0.717, 1.165) is 36.8 Å². The maximum atomic E-state index is 4.67. The van der Waals surface area contributed by atoms with E-state index in [0.29, 0.717) is 6.04 Å². The van der Waals surface area contributed by atoms with Gasteiger partial charge in [-0.2, -0.15) is 0 Å². The van der Waals surface area contributed by atoms with E-state index < -0.39 is 0 Å². The number of nitrogens with one attached hydrogen (secondary N) is 1. The molecule has 0 spiro atoms. The van der Waals surface area contributed by atoms with Gasteiger partial charge >= 0.3 is 0 Å². The van der Waals surface area contributed by atoms with Crippen LogP contribution in [0.3, 0.4) is 0 Å². The Morgan fingerprint density at radius 2 is 2.15 bits per heavy atom. The van der Waals surface area contributed by atoms with E-state index in [1.165, 1.54) is 32.2 Å². The molecule has 1 aromatic heterocycles. The third kappa shape index (κ3) is 4.44. The summed E-state index contributed by atoms with van der Waals surface area (Å²) >= 11 is 0. The van der Waals surface area contributed by atoms with Gasteiger partial charge in [-0.15, -0.1) is 0 Å². The van der Waals surface area contributed by atoms with E-state index in [1.54, 1.807) is 0 Å². The number of rotatable bonds is 5. The number of likely N-dealkylation sites (tertiary alicyclic amines) is 1. The van der Waals surface area contributed by atoms with Gasteiger partial charge in [-0.3, -0.25) is 4.90 Å². The Kier molecular flexibility index (Phi) is 5.77. The molecule has 0 bridgehead atoms. The van der Waals surface area contributed by atoms with Crippen LogP contribution < -0.4 is 5.32 Å². The Labute approximate surface area is 123 Å². The lowest BCUT2D eigenvalue weighted by atomic mass is 10.1. The summed E-state index contributed by atoms with van der Waals surface area (Å²) < 4.78 is 0. The molecule has 1 fully saturated rings. The van der Waals surface area contributed by atoms with Crippen molar-refractivity contribution >= 4 is 5.82 Å². The summed E-state index contributed by atoms with van der Waals surface area (Å²) in [6.45, 7) is 9.57. The van der Waals surface area contributed by atoms with Gasteiger partial charge < -0.3 is 5.32 Å². The molecule has 1 unspecified atom stereocenters. The molecule has 0 radical (unpaired) electrons. The Hall–Kier alpha value is -1.16. The first-order valence-corrected chi connectivity index (χ1v) is 8.01. The first-order valence-electron chi connectivity index (χ1n) is 8.01. The maximum Gasteiger partial charge on any atom is 0.144 e. The van der Waals surface area contributed by atoms with Crippen LogP contribution in [0.15, 0.2) is 6.07 Å². The van der Waals surface area contributed by atoms with Crippen LogP contribution in [0.5, 0.6) is 0 Å². The quantitative estimate of drug-likeness (QED) is 0.895. The highest BCUT2D eigenvalue weighted by atomic mass is 15.2. The molecule has 1 aliphatic rings. The van der Waals surface area contributed by atoms with Gasteiger partial charge in [-0.05, 0) is 39.7 Å². The predicted octanol–water partition coefficient (Wildman–Crippen LogP) is 3.37. The third-order valence-corrected chi connectivity index (χ3v) is 3.99. The Morgan fingerprint density at radius 1 is 1.30 bits per heavy atom. The molecular weight excluding hydrogens is 248 g/mol. The second-order valence-electron chi connectivity index (χ2n) is 5.91. The van der Waals surface area contributed by atoms with Crippen molar-refractivity contribution in [2.75, 3.05) is 18.4 Å². The van der Waals surface area contributed by atoms with Crippen molar-refractivity contribution in [1.29, 1.82) is 0 Å². The van der Waals surface area contributed by atoms with E-state index in [2.05, 4.69) is 34.0 Å². The summed E-state index contributed by atoms with van der Waals surface area (Å²) in [5, 5.41) is 3.37. The standard InChI is InChI=1S/C16H28N4/c1-4-9-17-15-11-13(2)18-16(19-15)12-20-10-7-5-6-8-14(20)3/h11,14H,4-10,12H2,1-3H3,(H,17,18,19). The summed E-state index contributed by atoms with van der Waals surface area (Å²) in [7, 11) is 0. The molecule has 0 saturated carbocycles. The van der Waals surface area contributed by atoms with Crippen molar-refractivity contribution in [3.63, 3.8) is 0 Å². The van der Waals surface area contributed by atoms with Crippen LogP contribution in [0.25, 0.3) is 0 Å². The minimum absolute atomic E-state index is 0.647. The van der Waals surface area contributed by atoms with Crippen molar-refractivity contribution in [1.82, 2.24) is 14.9 Å². The minimum atomic E-state index is 0.647. The van der Waals surface area contributed by atoms with E-state index in [1.807, 2.05) is 13.0 Å². The van der Waals surface area contributed by atoms with Gasteiger partial charge in [0.05, 0.1) is 6.54 Å². The number of nitrogens with zero attached hydrogens (tertiary/aromatic N) is 3. The number of aryl methyl sites for hydroxylation is 1. The molecule has 1 atom stereocenters. The predicted molar refractivity (Wildman–Crippen MR) is 83.9 cm³/mol. The van der Waals surface area contributed by atoms with Crippen LogP contribution in [0, 0.1) is 6.92 Å². The first-order chi connectivity index (χ1) is 9.69. The van der Waals surface area contributed by atoms with Crippen LogP contribution in [0.2, 0.25) is 0 Å². The SMILES string of the molecule is CCCNc1cc(C)nc(CN2CCCCCC2C)n1. The van der Waals surface area contributed by atoms with Crippen LogP contribution in [-0.4, -0.2) is 34.0 Å². The highest BCUT2D eigenvalue weighted by Gasteiger charge is 2.18. The molecule has 1 aromatic rings. The fourth-order valence-electron chi connectivity index (χ4n) is 2.80. The van der Waals surface area contributed by atoms with E-state index in [-0.39, 0.29) is 0 Å². The van der Waals surface area contributed by atoms with Crippen LogP contribution in [-0.2, 0) is 6.54 Å². The number of hydrogen-bond donors (Lipinski definition) is 1. The molecule has 112 valence electrons. The van der Waals surface area contributed by atoms with Gasteiger partial charge in [-0.25, -0.2) is 9.97 Å². The lowest BCUT2D eigenvalue weighted by molar-refractivity contribution is 0.200. The summed E-state index contributed by atoms with van der Waals surface area (Å²) in [5.41, 5.74) is 1.05. The van der Waals surface area contributed by atoms with Gasteiger partial charge in [0.15, 0.2) is 0 Å². The van der Waals surface area contributed by atoms with Crippen LogP contribution >= 0.6 is 0 Å². The summed E-state index contributed by atoms with van der Waals surface area (Å²) in [6, 6.07) is 2.68. The van der Waals surface area contributed by atoms with E-state index in [9.17, 15) is 0 Å². The molecule has 1 N–H and O–H groups in total. The molecule has 2 rings (SSSR count).